The summed E-state index contributed by atoms with van der Waals surface area (Å²) in [6.45, 7) is 6.95. The van der Waals surface area contributed by atoms with Gasteiger partial charge in [-0.3, -0.25) is 4.57 Å². The van der Waals surface area contributed by atoms with E-state index in [-0.39, 0.29) is 6.04 Å². The Kier molecular flexibility index (Phi) is 5.60. The number of hydrogen-bond donors (Lipinski definition) is 2. The maximum Gasteiger partial charge on any atom is 0.408 e. The first-order valence-electron chi connectivity index (χ1n) is 12.6. The maximum atomic E-state index is 12.4. The molecule has 0 spiro atoms. The van der Waals surface area contributed by atoms with Crippen molar-refractivity contribution >= 4 is 23.1 Å². The van der Waals surface area contributed by atoms with Gasteiger partial charge in [-0.25, -0.2) is 19.7 Å². The SMILES string of the molecule is CC(C)(C)OC(=O)N[C@H]1CCc2cc(-n3c(-c4cccnc4N)nc4ccc(C5COC5)nc43)ccc21. The molecule has 0 bridgehead atoms. The van der Waals surface area contributed by atoms with Gasteiger partial charge in [0.2, 0.25) is 0 Å². The minimum Gasteiger partial charge on any atom is -0.444 e. The molecule has 0 unspecified atom stereocenters. The molecular formula is C28H30N6O3. The van der Waals surface area contributed by atoms with Crippen molar-refractivity contribution in [3.63, 3.8) is 0 Å². The van der Waals surface area contributed by atoms with E-state index in [4.69, 9.17) is 25.2 Å². The highest BCUT2D eigenvalue weighted by Gasteiger charge is 2.28. The van der Waals surface area contributed by atoms with Crippen LogP contribution in [0.1, 0.15) is 56.0 Å². The van der Waals surface area contributed by atoms with E-state index in [2.05, 4.69) is 27.0 Å². The van der Waals surface area contributed by atoms with Crippen molar-refractivity contribution in [3.8, 4) is 17.1 Å². The van der Waals surface area contributed by atoms with Gasteiger partial charge in [-0.15, -0.1) is 0 Å². The average molecular weight is 499 g/mol. The normalized spacial score (nSPS) is 17.4. The van der Waals surface area contributed by atoms with Crippen LogP contribution in [0.4, 0.5) is 10.6 Å². The van der Waals surface area contributed by atoms with Gasteiger partial charge in [-0.1, -0.05) is 6.07 Å². The lowest BCUT2D eigenvalue weighted by Gasteiger charge is -2.25. The van der Waals surface area contributed by atoms with Gasteiger partial charge in [-0.05, 0) is 81.1 Å². The van der Waals surface area contributed by atoms with E-state index in [0.717, 1.165) is 46.5 Å². The van der Waals surface area contributed by atoms with Crippen molar-refractivity contribution in [2.75, 3.05) is 18.9 Å². The molecule has 1 aliphatic heterocycles. The third-order valence-corrected chi connectivity index (χ3v) is 6.82. The number of imidazole rings is 1. The number of pyridine rings is 2. The fraction of sp³-hybridized carbons (Fsp3) is 0.357. The zero-order chi connectivity index (χ0) is 25.7. The van der Waals surface area contributed by atoms with Crippen LogP contribution in [0.25, 0.3) is 28.2 Å². The van der Waals surface area contributed by atoms with Crippen LogP contribution in [-0.2, 0) is 15.9 Å². The van der Waals surface area contributed by atoms with Crippen LogP contribution in [0.15, 0.2) is 48.7 Å². The van der Waals surface area contributed by atoms with Crippen molar-refractivity contribution < 1.29 is 14.3 Å². The number of nitrogens with zero attached hydrogens (tertiary/aromatic N) is 4. The molecule has 0 radical (unpaired) electrons. The molecule has 37 heavy (non-hydrogen) atoms. The molecular weight excluding hydrogens is 468 g/mol. The van der Waals surface area contributed by atoms with E-state index < -0.39 is 11.7 Å². The molecule has 3 N–H and O–H groups in total. The highest BCUT2D eigenvalue weighted by atomic mass is 16.6. The first-order valence-corrected chi connectivity index (χ1v) is 12.6. The smallest absolute Gasteiger partial charge is 0.408 e. The van der Waals surface area contributed by atoms with Gasteiger partial charge in [0.25, 0.3) is 0 Å². The Hall–Kier alpha value is -3.98. The summed E-state index contributed by atoms with van der Waals surface area (Å²) < 4.78 is 12.9. The lowest BCUT2D eigenvalue weighted by atomic mass is 10.0. The number of rotatable bonds is 4. The third-order valence-electron chi connectivity index (χ3n) is 6.82. The highest BCUT2D eigenvalue weighted by Crippen LogP contribution is 2.36. The van der Waals surface area contributed by atoms with Crippen molar-refractivity contribution in [3.05, 3.63) is 65.5 Å². The van der Waals surface area contributed by atoms with Gasteiger partial charge in [-0.2, -0.15) is 0 Å². The summed E-state index contributed by atoms with van der Waals surface area (Å²) in [5.74, 6) is 1.39. The summed E-state index contributed by atoms with van der Waals surface area (Å²) in [4.78, 5) is 26.6. The number of carbonyl (C=O) groups excluding carboxylic acids is 1. The number of nitrogens with one attached hydrogen (secondary N) is 1. The van der Waals surface area contributed by atoms with E-state index >= 15 is 0 Å². The first-order chi connectivity index (χ1) is 17.8. The van der Waals surface area contributed by atoms with E-state index in [1.807, 2.05) is 51.1 Å². The van der Waals surface area contributed by atoms with E-state index in [1.54, 1.807) is 6.20 Å². The number of alkyl carbamates (subject to hydrolysis) is 1. The maximum absolute atomic E-state index is 12.4. The van der Waals surface area contributed by atoms with Crippen LogP contribution in [0.3, 0.4) is 0 Å². The van der Waals surface area contributed by atoms with Crippen molar-refractivity contribution in [2.45, 2.75) is 51.2 Å². The van der Waals surface area contributed by atoms with Crippen LogP contribution in [0, 0.1) is 0 Å². The minimum atomic E-state index is -0.542. The van der Waals surface area contributed by atoms with Crippen LogP contribution in [0.2, 0.25) is 0 Å². The summed E-state index contributed by atoms with van der Waals surface area (Å²) in [6, 6.07) is 14.0. The largest absolute Gasteiger partial charge is 0.444 e. The highest BCUT2D eigenvalue weighted by molar-refractivity contribution is 5.83. The lowest BCUT2D eigenvalue weighted by Crippen LogP contribution is -2.34. The van der Waals surface area contributed by atoms with Crippen molar-refractivity contribution in [2.24, 2.45) is 0 Å². The van der Waals surface area contributed by atoms with Crippen molar-refractivity contribution in [1.29, 1.82) is 0 Å². The zero-order valence-corrected chi connectivity index (χ0v) is 21.2. The van der Waals surface area contributed by atoms with Gasteiger partial charge >= 0.3 is 6.09 Å². The third kappa shape index (κ3) is 4.40. The number of nitrogens with two attached hydrogens (primary N) is 1. The fourth-order valence-electron chi connectivity index (χ4n) is 4.98. The number of aryl methyl sites for hydroxylation is 1. The Balaban J connectivity index is 1.42. The Morgan fingerprint density at radius 3 is 2.73 bits per heavy atom. The van der Waals surface area contributed by atoms with Gasteiger partial charge in [0.15, 0.2) is 11.5 Å². The Bertz CT molecular complexity index is 1500. The van der Waals surface area contributed by atoms with Crippen molar-refractivity contribution in [1.82, 2.24) is 24.8 Å². The molecule has 9 heteroatoms. The number of nitrogen functional groups attached to an aromatic ring is 1. The predicted octanol–water partition coefficient (Wildman–Crippen LogP) is 4.69. The van der Waals surface area contributed by atoms with Gasteiger partial charge in [0.1, 0.15) is 16.9 Å². The number of carbonyl (C=O) groups is 1. The second-order valence-corrected chi connectivity index (χ2v) is 10.6. The number of aromatic nitrogens is 4. The molecule has 1 fully saturated rings. The Labute approximate surface area is 215 Å². The Morgan fingerprint density at radius 2 is 2.00 bits per heavy atom. The van der Waals surface area contributed by atoms with Crippen LogP contribution >= 0.6 is 0 Å². The molecule has 0 saturated carbocycles. The summed E-state index contributed by atoms with van der Waals surface area (Å²) in [6.07, 6.45) is 2.93. The number of benzene rings is 1. The lowest BCUT2D eigenvalue weighted by molar-refractivity contribution is 0.00682. The molecule has 3 aromatic heterocycles. The molecule has 9 nitrogen and oxygen atoms in total. The topological polar surface area (TPSA) is 117 Å². The Morgan fingerprint density at radius 1 is 1.16 bits per heavy atom. The molecule has 2 aliphatic rings. The molecule has 4 aromatic rings. The van der Waals surface area contributed by atoms with Crippen LogP contribution < -0.4 is 11.1 Å². The van der Waals surface area contributed by atoms with Gasteiger partial charge in [0.05, 0.1) is 30.5 Å². The number of amides is 1. The summed E-state index contributed by atoms with van der Waals surface area (Å²) >= 11 is 0. The molecule has 1 aliphatic carbocycles. The molecule has 6 rings (SSSR count). The summed E-state index contributed by atoms with van der Waals surface area (Å²) in [7, 11) is 0. The molecule has 4 heterocycles. The molecule has 190 valence electrons. The first kappa shape index (κ1) is 23.4. The average Bonchev–Trinajstić information content (AvgIpc) is 3.37. The molecule has 1 aromatic carbocycles. The second kappa shape index (κ2) is 8.85. The quantitative estimate of drug-likeness (QED) is 0.419. The standard InChI is InChI=1S/C28H30N6O3/c1-28(2,3)37-27(35)33-22-9-6-16-13-18(7-8-19(16)22)34-25(20-5-4-12-30-24(20)29)32-23-11-10-21(31-26(23)34)17-14-36-15-17/h4-5,7-8,10-13,17,22H,6,9,14-15H2,1-3H3,(H2,29,30)(H,33,35)/t22-/m0/s1. The number of fused-ring (bicyclic) bond motifs is 2. The molecule has 1 amide bonds. The summed E-state index contributed by atoms with van der Waals surface area (Å²) in [5.41, 5.74) is 12.2. The van der Waals surface area contributed by atoms with Gasteiger partial charge < -0.3 is 20.5 Å². The second-order valence-electron chi connectivity index (χ2n) is 10.6. The molecule has 1 saturated heterocycles. The minimum absolute atomic E-state index is 0.0878. The van der Waals surface area contributed by atoms with E-state index in [1.165, 1.54) is 5.56 Å². The number of anilines is 1. The predicted molar refractivity (Wildman–Crippen MR) is 141 cm³/mol. The zero-order valence-electron chi connectivity index (χ0n) is 21.2. The fourth-order valence-corrected chi connectivity index (χ4v) is 4.98. The van der Waals surface area contributed by atoms with Gasteiger partial charge in [0, 0.05) is 17.8 Å². The number of hydrogen-bond acceptors (Lipinski definition) is 7. The van der Waals surface area contributed by atoms with Crippen LogP contribution in [-0.4, -0.2) is 44.4 Å². The van der Waals surface area contributed by atoms with E-state index in [9.17, 15) is 4.79 Å². The van der Waals surface area contributed by atoms with E-state index in [0.29, 0.717) is 30.8 Å². The van der Waals surface area contributed by atoms with Crippen LogP contribution in [0.5, 0.6) is 0 Å². The molecule has 1 atom stereocenters. The monoisotopic (exact) mass is 498 g/mol. The number of ether oxygens (including phenoxy) is 2. The summed E-state index contributed by atoms with van der Waals surface area (Å²) in [5, 5.41) is 3.02.